The first-order chi connectivity index (χ1) is 33.8. The van der Waals surface area contributed by atoms with Gasteiger partial charge in [-0.05, 0) is 94.8 Å². The Morgan fingerprint density at radius 3 is 1.09 bits per heavy atom. The highest BCUT2D eigenvalue weighted by Gasteiger charge is 2.32. The van der Waals surface area contributed by atoms with Crippen LogP contribution in [0.3, 0.4) is 0 Å². The molecule has 70 heavy (non-hydrogen) atoms. The quantitative estimate of drug-likeness (QED) is 0.0960. The van der Waals surface area contributed by atoms with E-state index < -0.39 is 23.6 Å². The van der Waals surface area contributed by atoms with Crippen LogP contribution in [-0.4, -0.2) is 149 Å². The van der Waals surface area contributed by atoms with Crippen LogP contribution in [0.4, 0.5) is 8.78 Å². The van der Waals surface area contributed by atoms with Gasteiger partial charge in [-0.15, -0.1) is 0 Å². The predicted octanol–water partition coefficient (Wildman–Crippen LogP) is 4.54. The Bertz CT molecular complexity index is 2300. The first-order valence-corrected chi connectivity index (χ1v) is 23.3. The number of carbonyl (C=O) groups is 6. The van der Waals surface area contributed by atoms with E-state index >= 15 is 0 Å². The van der Waals surface area contributed by atoms with Crippen molar-refractivity contribution in [2.24, 2.45) is 0 Å². The van der Waals surface area contributed by atoms with Gasteiger partial charge < -0.3 is 49.2 Å². The second-order valence-corrected chi connectivity index (χ2v) is 17.2. The first-order valence-electron chi connectivity index (χ1n) is 23.3. The Kier molecular flexibility index (Phi) is 19.5. The molecule has 2 aliphatic heterocycles. The van der Waals surface area contributed by atoms with Gasteiger partial charge in [0, 0.05) is 107 Å². The van der Waals surface area contributed by atoms with Crippen molar-refractivity contribution >= 4 is 35.4 Å². The molecule has 4 aromatic carbocycles. The van der Waals surface area contributed by atoms with Crippen molar-refractivity contribution in [3.63, 3.8) is 0 Å². The summed E-state index contributed by atoms with van der Waals surface area (Å²) in [5.41, 5.74) is 5.05. The fraction of sp³-hybridized carbons (Fsp3) is 0.423. The molecule has 0 radical (unpaired) electrons. The molecule has 18 heteroatoms. The van der Waals surface area contributed by atoms with Gasteiger partial charge in [0.15, 0.2) is 0 Å². The standard InChI is InChI=1S/C52H62F2N6O10/c1-67-23-19-57(20-24-68-2)51(65)45-29-39-33-59(31-37(39)27-43(45)49(63)55-17-15-35-5-9-41(53)10-6-35)47(61)13-14-48(62)60-32-38-28-44(50(64)56-18-16-36-7-11-42(54)12-8-36)46(30-40(38)34-60)52(66)58(21-25-69-3)22-26-70-4/h5-12,27-30H,13-26,31-34H2,1-4H3,(H,55,63)(H,56,64). The van der Waals surface area contributed by atoms with Gasteiger partial charge >= 0.3 is 0 Å². The largest absolute Gasteiger partial charge is 0.383 e. The van der Waals surface area contributed by atoms with Crippen LogP contribution >= 0.6 is 0 Å². The van der Waals surface area contributed by atoms with E-state index in [4.69, 9.17) is 18.9 Å². The molecule has 0 bridgehead atoms. The maximum absolute atomic E-state index is 14.1. The summed E-state index contributed by atoms with van der Waals surface area (Å²) in [6.45, 7) is 3.14. The molecule has 0 unspecified atom stereocenters. The normalized spacial score (nSPS) is 12.7. The van der Waals surface area contributed by atoms with Crippen molar-refractivity contribution in [1.82, 2.24) is 30.2 Å². The molecule has 374 valence electrons. The molecule has 4 aromatic rings. The van der Waals surface area contributed by atoms with Gasteiger partial charge in [0.25, 0.3) is 23.6 Å². The Hall–Kier alpha value is -6.60. The third kappa shape index (κ3) is 14.0. The molecule has 0 saturated carbocycles. The molecular formula is C52H62F2N6O10. The van der Waals surface area contributed by atoms with Crippen molar-refractivity contribution < 1.29 is 56.5 Å². The number of nitrogens with zero attached hydrogens (tertiary/aromatic N) is 4. The van der Waals surface area contributed by atoms with Crippen molar-refractivity contribution in [1.29, 1.82) is 0 Å². The lowest BCUT2D eigenvalue weighted by atomic mass is 9.98. The van der Waals surface area contributed by atoms with Crippen molar-refractivity contribution in [3.05, 3.63) is 140 Å². The SMILES string of the molecule is COCCN(CCOC)C(=O)c1cc2c(cc1C(=O)NCCc1ccc(F)cc1)CN(C(=O)CCC(=O)N1Cc3cc(C(=O)NCCc4ccc(F)cc4)c(C(=O)N(CCOC)CCOC)cc3C1)C2. The predicted molar refractivity (Wildman–Crippen MR) is 255 cm³/mol. The number of methoxy groups -OCH3 is 4. The molecule has 0 aromatic heterocycles. The van der Waals surface area contributed by atoms with Crippen LogP contribution in [0.15, 0.2) is 72.8 Å². The van der Waals surface area contributed by atoms with E-state index in [1.54, 1.807) is 68.1 Å². The fourth-order valence-corrected chi connectivity index (χ4v) is 8.42. The first kappa shape index (κ1) is 52.8. The van der Waals surface area contributed by atoms with Crippen LogP contribution < -0.4 is 10.6 Å². The molecule has 0 aliphatic carbocycles. The van der Waals surface area contributed by atoms with Crippen molar-refractivity contribution in [2.75, 3.05) is 94.1 Å². The average molecular weight is 969 g/mol. The number of fused-ring (bicyclic) bond motifs is 2. The zero-order chi connectivity index (χ0) is 50.2. The van der Waals surface area contributed by atoms with Crippen LogP contribution in [0.5, 0.6) is 0 Å². The van der Waals surface area contributed by atoms with Crippen LogP contribution in [0.25, 0.3) is 0 Å². The second-order valence-electron chi connectivity index (χ2n) is 17.2. The number of halogens is 2. The smallest absolute Gasteiger partial charge is 0.254 e. The topological polar surface area (TPSA) is 176 Å². The minimum absolute atomic E-state index is 0.108. The number of rotatable bonds is 25. The monoisotopic (exact) mass is 968 g/mol. The van der Waals surface area contributed by atoms with Gasteiger partial charge in [-0.1, -0.05) is 24.3 Å². The van der Waals surface area contributed by atoms with Crippen molar-refractivity contribution in [2.45, 2.75) is 51.9 Å². The molecule has 0 spiro atoms. The summed E-state index contributed by atoms with van der Waals surface area (Å²) in [5.74, 6) is -3.06. The van der Waals surface area contributed by atoms with Crippen molar-refractivity contribution in [3.8, 4) is 0 Å². The zero-order valence-corrected chi connectivity index (χ0v) is 40.3. The van der Waals surface area contributed by atoms with E-state index in [9.17, 15) is 37.5 Å². The van der Waals surface area contributed by atoms with Crippen LogP contribution in [0.1, 0.15) is 87.7 Å². The molecule has 0 saturated heterocycles. The summed E-state index contributed by atoms with van der Waals surface area (Å²) >= 11 is 0. The summed E-state index contributed by atoms with van der Waals surface area (Å²) in [6.07, 6.45) is 0.649. The lowest BCUT2D eigenvalue weighted by molar-refractivity contribution is -0.137. The summed E-state index contributed by atoms with van der Waals surface area (Å²) in [7, 11) is 6.12. The Morgan fingerprint density at radius 1 is 0.486 bits per heavy atom. The zero-order valence-electron chi connectivity index (χ0n) is 40.3. The summed E-state index contributed by atoms with van der Waals surface area (Å²) in [5, 5.41) is 5.78. The second kappa shape index (κ2) is 25.8. The molecule has 16 nitrogen and oxygen atoms in total. The van der Waals surface area contributed by atoms with Crippen LogP contribution in [0, 0.1) is 11.6 Å². The van der Waals surface area contributed by atoms with Crippen LogP contribution in [0.2, 0.25) is 0 Å². The molecule has 6 amide bonds. The minimum atomic E-state index is -0.478. The van der Waals surface area contributed by atoms with Gasteiger partial charge in [-0.3, -0.25) is 28.8 Å². The highest BCUT2D eigenvalue weighted by atomic mass is 19.1. The van der Waals surface area contributed by atoms with E-state index in [0.29, 0.717) is 35.1 Å². The van der Waals surface area contributed by atoms with Gasteiger partial charge in [0.05, 0.1) is 48.7 Å². The number of hydrogen-bond donors (Lipinski definition) is 2. The van der Waals surface area contributed by atoms with Gasteiger partial charge in [-0.25, -0.2) is 8.78 Å². The van der Waals surface area contributed by atoms with Gasteiger partial charge in [0.2, 0.25) is 11.8 Å². The lowest BCUT2D eigenvalue weighted by Gasteiger charge is -2.23. The molecule has 0 atom stereocenters. The molecule has 2 heterocycles. The minimum Gasteiger partial charge on any atom is -0.383 e. The fourth-order valence-electron chi connectivity index (χ4n) is 8.42. The number of amides is 6. The summed E-state index contributed by atoms with van der Waals surface area (Å²) in [4.78, 5) is 89.8. The average Bonchev–Trinajstić information content (AvgIpc) is 4.00. The molecular weight excluding hydrogens is 907 g/mol. The van der Waals surface area contributed by atoms with Crippen LogP contribution in [-0.2, 0) is 67.6 Å². The number of benzene rings is 4. The third-order valence-electron chi connectivity index (χ3n) is 12.4. The third-order valence-corrected chi connectivity index (χ3v) is 12.4. The molecule has 2 aliphatic rings. The highest BCUT2D eigenvalue weighted by Crippen LogP contribution is 2.31. The molecule has 2 N–H and O–H groups in total. The lowest BCUT2D eigenvalue weighted by Crippen LogP contribution is -2.38. The molecule has 0 fully saturated rings. The van der Waals surface area contributed by atoms with E-state index in [1.807, 2.05) is 0 Å². The van der Waals surface area contributed by atoms with Gasteiger partial charge in [0.1, 0.15) is 11.6 Å². The summed E-state index contributed by atoms with van der Waals surface area (Å²) in [6, 6.07) is 18.6. The van der Waals surface area contributed by atoms with E-state index in [-0.39, 0.29) is 150 Å². The Labute approximate surface area is 407 Å². The number of carbonyl (C=O) groups excluding carboxylic acids is 6. The van der Waals surface area contributed by atoms with E-state index in [1.165, 1.54) is 52.7 Å². The number of ether oxygens (including phenoxy) is 4. The highest BCUT2D eigenvalue weighted by molar-refractivity contribution is 6.08. The maximum Gasteiger partial charge on any atom is 0.254 e. The van der Waals surface area contributed by atoms with E-state index in [2.05, 4.69) is 10.6 Å². The van der Waals surface area contributed by atoms with Gasteiger partial charge in [-0.2, -0.15) is 0 Å². The Balaban J connectivity index is 1.14. The van der Waals surface area contributed by atoms with E-state index in [0.717, 1.165) is 11.1 Å². The maximum atomic E-state index is 14.1. The number of hydrogen-bond acceptors (Lipinski definition) is 10. The Morgan fingerprint density at radius 2 is 0.786 bits per heavy atom. The summed E-state index contributed by atoms with van der Waals surface area (Å²) < 4.78 is 48.0. The molecule has 6 rings (SSSR count). The number of nitrogens with one attached hydrogen (secondary N) is 2.